The van der Waals surface area contributed by atoms with Gasteiger partial charge in [-0.15, -0.1) is 0 Å². The van der Waals surface area contributed by atoms with E-state index in [0.717, 1.165) is 11.4 Å². The number of nitrogens with zero attached hydrogens (tertiary/aromatic N) is 3. The Morgan fingerprint density at radius 3 is 2.84 bits per heavy atom. The Bertz CT molecular complexity index is 629. The van der Waals surface area contributed by atoms with E-state index >= 15 is 0 Å². The van der Waals surface area contributed by atoms with Crippen LogP contribution in [-0.2, 0) is 6.54 Å². The van der Waals surface area contributed by atoms with E-state index in [1.54, 1.807) is 18.4 Å². The number of anilines is 1. The molecule has 6 heteroatoms. The lowest BCUT2D eigenvalue weighted by atomic mass is 10.1. The standard InChI is InChI=1S/C13H11N3O3/c1-15(9-12-3-2-6-19-12)11-4-5-13(16(17)18)10(7-11)8-14/h2-7H,9H2,1H3. The maximum Gasteiger partial charge on any atom is 0.287 e. The first kappa shape index (κ1) is 12.6. The third kappa shape index (κ3) is 2.72. The maximum atomic E-state index is 10.7. The van der Waals surface area contributed by atoms with E-state index in [9.17, 15) is 10.1 Å². The molecular weight excluding hydrogens is 246 g/mol. The molecule has 19 heavy (non-hydrogen) atoms. The van der Waals surface area contributed by atoms with Crippen molar-refractivity contribution in [1.29, 1.82) is 5.26 Å². The average molecular weight is 257 g/mol. The monoisotopic (exact) mass is 257 g/mol. The van der Waals surface area contributed by atoms with Crippen LogP contribution in [0.3, 0.4) is 0 Å². The number of hydrogen-bond acceptors (Lipinski definition) is 5. The van der Waals surface area contributed by atoms with Gasteiger partial charge in [-0.1, -0.05) is 0 Å². The molecule has 0 spiro atoms. The van der Waals surface area contributed by atoms with Gasteiger partial charge in [0.25, 0.3) is 5.69 Å². The van der Waals surface area contributed by atoms with Gasteiger partial charge in [0.05, 0.1) is 17.7 Å². The van der Waals surface area contributed by atoms with Crippen molar-refractivity contribution in [3.8, 4) is 6.07 Å². The molecule has 2 rings (SSSR count). The Morgan fingerprint density at radius 1 is 1.47 bits per heavy atom. The molecule has 0 bridgehead atoms. The fourth-order valence-electron chi connectivity index (χ4n) is 1.74. The summed E-state index contributed by atoms with van der Waals surface area (Å²) in [5.41, 5.74) is 0.588. The highest BCUT2D eigenvalue weighted by Gasteiger charge is 2.15. The predicted molar refractivity (Wildman–Crippen MR) is 68.6 cm³/mol. The second-order valence-corrected chi connectivity index (χ2v) is 4.01. The van der Waals surface area contributed by atoms with Crippen LogP contribution in [0.1, 0.15) is 11.3 Å². The zero-order valence-electron chi connectivity index (χ0n) is 10.2. The Kier molecular flexibility index (Phi) is 3.48. The third-order valence-corrected chi connectivity index (χ3v) is 2.71. The number of hydrogen-bond donors (Lipinski definition) is 0. The number of rotatable bonds is 4. The average Bonchev–Trinajstić information content (AvgIpc) is 2.90. The number of benzene rings is 1. The summed E-state index contributed by atoms with van der Waals surface area (Å²) >= 11 is 0. The Hall–Kier alpha value is -2.81. The van der Waals surface area contributed by atoms with Crippen LogP contribution in [0.25, 0.3) is 0 Å². The van der Waals surface area contributed by atoms with Crippen LogP contribution in [0.4, 0.5) is 11.4 Å². The van der Waals surface area contributed by atoms with E-state index in [0.29, 0.717) is 6.54 Å². The van der Waals surface area contributed by atoms with E-state index < -0.39 is 4.92 Å². The number of nitro benzene ring substituents is 1. The van der Waals surface area contributed by atoms with Crippen molar-refractivity contribution in [1.82, 2.24) is 0 Å². The summed E-state index contributed by atoms with van der Waals surface area (Å²) in [5, 5.41) is 19.7. The molecule has 96 valence electrons. The molecule has 2 aromatic rings. The van der Waals surface area contributed by atoms with Crippen molar-refractivity contribution in [3.05, 3.63) is 58.0 Å². The van der Waals surface area contributed by atoms with Crippen molar-refractivity contribution in [3.63, 3.8) is 0 Å². The highest BCUT2D eigenvalue weighted by Crippen LogP contribution is 2.24. The van der Waals surface area contributed by atoms with Crippen LogP contribution >= 0.6 is 0 Å². The van der Waals surface area contributed by atoms with Crippen LogP contribution in [-0.4, -0.2) is 12.0 Å². The van der Waals surface area contributed by atoms with E-state index in [1.165, 1.54) is 12.1 Å². The van der Waals surface area contributed by atoms with Crippen LogP contribution in [0, 0.1) is 21.4 Å². The van der Waals surface area contributed by atoms with Crippen LogP contribution in [0.15, 0.2) is 41.0 Å². The molecule has 0 saturated carbocycles. The minimum atomic E-state index is -0.561. The van der Waals surface area contributed by atoms with Gasteiger partial charge in [0.1, 0.15) is 17.4 Å². The molecule has 0 atom stereocenters. The molecule has 0 aliphatic rings. The van der Waals surface area contributed by atoms with Gasteiger partial charge in [-0.05, 0) is 24.3 Å². The topological polar surface area (TPSA) is 83.3 Å². The van der Waals surface area contributed by atoms with E-state index in [4.69, 9.17) is 9.68 Å². The van der Waals surface area contributed by atoms with Gasteiger partial charge in [0.15, 0.2) is 0 Å². The molecule has 0 saturated heterocycles. The second-order valence-electron chi connectivity index (χ2n) is 4.01. The predicted octanol–water partition coefficient (Wildman–Crippen LogP) is 2.70. The summed E-state index contributed by atoms with van der Waals surface area (Å²) < 4.78 is 5.23. The van der Waals surface area contributed by atoms with Gasteiger partial charge >= 0.3 is 0 Å². The summed E-state index contributed by atoms with van der Waals surface area (Å²) in [6.07, 6.45) is 1.58. The van der Waals surface area contributed by atoms with Gasteiger partial charge in [-0.3, -0.25) is 10.1 Å². The molecule has 0 amide bonds. The van der Waals surface area contributed by atoms with Gasteiger partial charge in [0.2, 0.25) is 0 Å². The zero-order chi connectivity index (χ0) is 13.8. The van der Waals surface area contributed by atoms with Crippen molar-refractivity contribution >= 4 is 11.4 Å². The van der Waals surface area contributed by atoms with Gasteiger partial charge in [-0.25, -0.2) is 0 Å². The van der Waals surface area contributed by atoms with Crippen LogP contribution in [0.2, 0.25) is 0 Å². The highest BCUT2D eigenvalue weighted by molar-refractivity contribution is 5.59. The minimum Gasteiger partial charge on any atom is -0.467 e. The number of nitro groups is 1. The Labute approximate surface area is 109 Å². The molecule has 0 radical (unpaired) electrons. The Morgan fingerprint density at radius 2 is 2.26 bits per heavy atom. The number of nitriles is 1. The molecule has 1 aromatic carbocycles. The smallest absolute Gasteiger partial charge is 0.287 e. The maximum absolute atomic E-state index is 10.7. The molecular formula is C13H11N3O3. The third-order valence-electron chi connectivity index (χ3n) is 2.71. The molecule has 1 heterocycles. The van der Waals surface area contributed by atoms with Crippen molar-refractivity contribution < 1.29 is 9.34 Å². The lowest BCUT2D eigenvalue weighted by molar-refractivity contribution is -0.385. The first-order valence-corrected chi connectivity index (χ1v) is 5.54. The summed E-state index contributed by atoms with van der Waals surface area (Å²) in [5.74, 6) is 0.777. The van der Waals surface area contributed by atoms with Crippen LogP contribution in [0.5, 0.6) is 0 Å². The fraction of sp³-hybridized carbons (Fsp3) is 0.154. The summed E-state index contributed by atoms with van der Waals surface area (Å²) in [4.78, 5) is 12.0. The lowest BCUT2D eigenvalue weighted by Crippen LogP contribution is -2.16. The Balaban J connectivity index is 2.26. The molecule has 0 unspecified atom stereocenters. The largest absolute Gasteiger partial charge is 0.467 e. The first-order chi connectivity index (χ1) is 9.11. The molecule has 0 aliphatic heterocycles. The van der Waals surface area contributed by atoms with E-state index in [1.807, 2.05) is 24.1 Å². The number of furan rings is 1. The molecule has 0 N–H and O–H groups in total. The minimum absolute atomic E-state index is 0.0498. The van der Waals surface area contributed by atoms with E-state index in [-0.39, 0.29) is 11.3 Å². The fourth-order valence-corrected chi connectivity index (χ4v) is 1.74. The summed E-state index contributed by atoms with van der Waals surface area (Å²) in [6.45, 7) is 0.523. The van der Waals surface area contributed by atoms with Gasteiger partial charge in [0, 0.05) is 18.8 Å². The highest BCUT2D eigenvalue weighted by atomic mass is 16.6. The van der Waals surface area contributed by atoms with Crippen molar-refractivity contribution in [2.75, 3.05) is 11.9 Å². The molecule has 1 aromatic heterocycles. The molecule has 0 fully saturated rings. The quantitative estimate of drug-likeness (QED) is 0.621. The van der Waals surface area contributed by atoms with Crippen molar-refractivity contribution in [2.24, 2.45) is 0 Å². The summed E-state index contributed by atoms with van der Waals surface area (Å²) in [7, 11) is 1.82. The van der Waals surface area contributed by atoms with Gasteiger partial charge in [-0.2, -0.15) is 5.26 Å². The van der Waals surface area contributed by atoms with Gasteiger partial charge < -0.3 is 9.32 Å². The normalized spacial score (nSPS) is 9.89. The molecule has 6 nitrogen and oxygen atoms in total. The van der Waals surface area contributed by atoms with Crippen LogP contribution < -0.4 is 4.90 Å². The van der Waals surface area contributed by atoms with Crippen molar-refractivity contribution in [2.45, 2.75) is 6.54 Å². The molecule has 0 aliphatic carbocycles. The zero-order valence-corrected chi connectivity index (χ0v) is 10.2. The first-order valence-electron chi connectivity index (χ1n) is 5.54. The lowest BCUT2D eigenvalue weighted by Gasteiger charge is -2.17. The SMILES string of the molecule is CN(Cc1ccco1)c1ccc([N+](=O)[O-])c(C#N)c1. The van der Waals surface area contributed by atoms with E-state index in [2.05, 4.69) is 0 Å². The second kappa shape index (κ2) is 5.23. The summed E-state index contributed by atoms with van der Waals surface area (Å²) in [6, 6.07) is 9.92.